The number of unbranched alkanes of at least 4 members (excludes halogenated alkanes) is 1. The number of sulfonamides is 1. The van der Waals surface area contributed by atoms with Crippen LogP contribution in [0.2, 0.25) is 0 Å². The Morgan fingerprint density at radius 3 is 2.54 bits per heavy atom. The largest absolute Gasteiger partial charge is 0.282 e. The van der Waals surface area contributed by atoms with Crippen molar-refractivity contribution in [3.63, 3.8) is 0 Å². The molecule has 0 fully saturated rings. The van der Waals surface area contributed by atoms with Gasteiger partial charge in [-0.25, -0.2) is 22.1 Å². The average Bonchev–Trinajstić information content (AvgIpc) is 3.53. The second-order valence-electron chi connectivity index (χ2n) is 8.01. The number of benzene rings is 2. The summed E-state index contributed by atoms with van der Waals surface area (Å²) in [6.07, 6.45) is 5.09. The molecule has 0 aliphatic rings. The van der Waals surface area contributed by atoms with Gasteiger partial charge in [-0.1, -0.05) is 30.7 Å². The summed E-state index contributed by atoms with van der Waals surface area (Å²) in [6, 6.07) is 12.4. The zero-order valence-corrected chi connectivity index (χ0v) is 21.1. The first-order chi connectivity index (χ1) is 16.8. The van der Waals surface area contributed by atoms with E-state index in [4.69, 9.17) is 0 Å². The zero-order valence-electron chi connectivity index (χ0n) is 19.5. The van der Waals surface area contributed by atoms with Gasteiger partial charge in [0.15, 0.2) is 5.13 Å². The molecule has 35 heavy (non-hydrogen) atoms. The minimum atomic E-state index is -3.64. The highest BCUT2D eigenvalue weighted by molar-refractivity contribution is 7.89. The van der Waals surface area contributed by atoms with Gasteiger partial charge in [-0.05, 0) is 48.9 Å². The van der Waals surface area contributed by atoms with Crippen molar-refractivity contribution in [2.24, 2.45) is 0 Å². The second kappa shape index (κ2) is 10.6. The van der Waals surface area contributed by atoms with Crippen LogP contribution < -0.4 is 4.90 Å². The van der Waals surface area contributed by atoms with Crippen molar-refractivity contribution in [3.8, 4) is 0 Å². The van der Waals surface area contributed by atoms with Crippen LogP contribution in [0.1, 0.15) is 30.1 Å². The van der Waals surface area contributed by atoms with E-state index < -0.39 is 15.8 Å². The van der Waals surface area contributed by atoms with E-state index in [1.165, 1.54) is 50.9 Å². The van der Waals surface area contributed by atoms with Gasteiger partial charge in [-0.15, -0.1) is 0 Å². The summed E-state index contributed by atoms with van der Waals surface area (Å²) < 4.78 is 43.5. The highest BCUT2D eigenvalue weighted by Crippen LogP contribution is 2.31. The molecule has 0 aliphatic heterocycles. The van der Waals surface area contributed by atoms with Crippen LogP contribution in [0.15, 0.2) is 65.8 Å². The summed E-state index contributed by atoms with van der Waals surface area (Å²) in [4.78, 5) is 19.5. The van der Waals surface area contributed by atoms with Crippen LogP contribution >= 0.6 is 11.3 Å². The predicted octanol–water partition coefficient (Wildman–Crippen LogP) is 4.40. The molecule has 0 saturated heterocycles. The number of hydrogen-bond acceptors (Lipinski definition) is 6. The fourth-order valence-electron chi connectivity index (χ4n) is 3.54. The summed E-state index contributed by atoms with van der Waals surface area (Å²) in [6.45, 7) is 3.08. The number of anilines is 1. The number of carbonyl (C=O) groups is 1. The van der Waals surface area contributed by atoms with Crippen molar-refractivity contribution in [2.75, 3.05) is 25.0 Å². The number of carbonyl (C=O) groups excluding carboxylic acids is 1. The van der Waals surface area contributed by atoms with Gasteiger partial charge in [0.05, 0.1) is 16.1 Å². The Bertz CT molecular complexity index is 1400. The van der Waals surface area contributed by atoms with E-state index in [0.717, 1.165) is 12.8 Å². The smallest absolute Gasteiger partial charge is 0.260 e. The number of halogens is 1. The van der Waals surface area contributed by atoms with E-state index in [-0.39, 0.29) is 22.9 Å². The quantitative estimate of drug-likeness (QED) is 0.312. The Balaban J connectivity index is 1.62. The topological polar surface area (TPSA) is 88.4 Å². The van der Waals surface area contributed by atoms with Crippen molar-refractivity contribution in [1.82, 2.24) is 19.1 Å². The summed E-state index contributed by atoms with van der Waals surface area (Å²) >= 11 is 1.22. The first-order valence-electron chi connectivity index (χ1n) is 11.2. The number of rotatable bonds is 10. The Labute approximate surface area is 207 Å². The van der Waals surface area contributed by atoms with E-state index in [1.54, 1.807) is 42.3 Å². The zero-order chi connectivity index (χ0) is 25.0. The number of para-hydroxylation sites is 1. The molecular formula is C24H26FN5O3S2. The fourth-order valence-corrected chi connectivity index (χ4v) is 5.76. The fraction of sp³-hybridized carbons (Fsp3) is 0.292. The molecule has 2 heterocycles. The molecule has 2 aromatic carbocycles. The maximum atomic E-state index is 14.3. The van der Waals surface area contributed by atoms with Gasteiger partial charge in [-0.2, -0.15) is 5.10 Å². The molecule has 0 spiro atoms. The molecule has 0 atom stereocenters. The predicted molar refractivity (Wildman–Crippen MR) is 135 cm³/mol. The third kappa shape index (κ3) is 5.42. The van der Waals surface area contributed by atoms with Crippen molar-refractivity contribution in [1.29, 1.82) is 0 Å². The lowest BCUT2D eigenvalue weighted by molar-refractivity contribution is 0.0985. The molecule has 11 heteroatoms. The van der Waals surface area contributed by atoms with E-state index >= 15 is 0 Å². The molecule has 8 nitrogen and oxygen atoms in total. The van der Waals surface area contributed by atoms with Gasteiger partial charge < -0.3 is 0 Å². The van der Waals surface area contributed by atoms with Crippen molar-refractivity contribution < 1.29 is 17.6 Å². The molecule has 4 aromatic rings. The number of fused-ring (bicyclic) bond motifs is 1. The van der Waals surface area contributed by atoms with Crippen LogP contribution in [0, 0.1) is 5.82 Å². The van der Waals surface area contributed by atoms with Gasteiger partial charge in [0.2, 0.25) is 10.0 Å². The standard InChI is InChI=1S/C24H26FN5O3S2/c1-3-4-14-28(2)35(32,33)19-11-9-18(10-12-19)23(31)30(17-16-29-15-6-13-26-29)24-27-22-20(25)7-5-8-21(22)34-24/h5-13,15H,3-4,14,16-17H2,1-2H3. The molecule has 0 N–H and O–H groups in total. The molecule has 0 radical (unpaired) electrons. The Morgan fingerprint density at radius 2 is 1.89 bits per heavy atom. The first-order valence-corrected chi connectivity index (χ1v) is 13.5. The second-order valence-corrected chi connectivity index (χ2v) is 11.1. The number of amides is 1. The average molecular weight is 516 g/mol. The molecule has 1 amide bonds. The van der Waals surface area contributed by atoms with Gasteiger partial charge in [0.25, 0.3) is 5.91 Å². The lowest BCUT2D eigenvalue weighted by atomic mass is 10.2. The van der Waals surface area contributed by atoms with Gasteiger partial charge in [0, 0.05) is 38.1 Å². The van der Waals surface area contributed by atoms with E-state index in [0.29, 0.717) is 28.5 Å². The van der Waals surface area contributed by atoms with Gasteiger partial charge in [-0.3, -0.25) is 14.4 Å². The Morgan fingerprint density at radius 1 is 1.11 bits per heavy atom. The first kappa shape index (κ1) is 25.0. The lowest BCUT2D eigenvalue weighted by Gasteiger charge is -2.20. The molecule has 0 aliphatic carbocycles. The Hall–Kier alpha value is -3.15. The summed E-state index contributed by atoms with van der Waals surface area (Å²) in [5.41, 5.74) is 0.515. The number of aromatic nitrogens is 3. The van der Waals surface area contributed by atoms with Gasteiger partial charge >= 0.3 is 0 Å². The number of hydrogen-bond donors (Lipinski definition) is 0. The van der Waals surface area contributed by atoms with E-state index in [2.05, 4.69) is 10.1 Å². The van der Waals surface area contributed by atoms with E-state index in [1.807, 2.05) is 6.92 Å². The molecule has 4 rings (SSSR count). The van der Waals surface area contributed by atoms with Crippen LogP contribution in [0.4, 0.5) is 9.52 Å². The SMILES string of the molecule is CCCCN(C)S(=O)(=O)c1ccc(C(=O)N(CCn2cccn2)c2nc3c(F)cccc3s2)cc1. The van der Waals surface area contributed by atoms with Crippen LogP contribution in [0.5, 0.6) is 0 Å². The Kier molecular flexibility index (Phi) is 7.58. The number of thiazole rings is 1. The normalized spacial score (nSPS) is 11.9. The van der Waals surface area contributed by atoms with Crippen LogP contribution in [-0.4, -0.2) is 53.5 Å². The molecule has 0 unspecified atom stereocenters. The third-order valence-corrected chi connectivity index (χ3v) is 8.50. The molecule has 0 bridgehead atoms. The van der Waals surface area contributed by atoms with Crippen molar-refractivity contribution in [2.45, 2.75) is 31.2 Å². The highest BCUT2D eigenvalue weighted by atomic mass is 32.2. The minimum absolute atomic E-state index is 0.123. The summed E-state index contributed by atoms with van der Waals surface area (Å²) in [5.74, 6) is -0.814. The van der Waals surface area contributed by atoms with Crippen LogP contribution in [0.25, 0.3) is 10.2 Å². The van der Waals surface area contributed by atoms with Crippen LogP contribution in [0.3, 0.4) is 0 Å². The molecule has 184 valence electrons. The van der Waals surface area contributed by atoms with E-state index in [9.17, 15) is 17.6 Å². The highest BCUT2D eigenvalue weighted by Gasteiger charge is 2.24. The van der Waals surface area contributed by atoms with Crippen molar-refractivity contribution >= 4 is 42.6 Å². The van der Waals surface area contributed by atoms with Crippen molar-refractivity contribution in [3.05, 3.63) is 72.3 Å². The minimum Gasteiger partial charge on any atom is -0.282 e. The lowest BCUT2D eigenvalue weighted by Crippen LogP contribution is -2.34. The summed E-state index contributed by atoms with van der Waals surface area (Å²) in [7, 11) is -2.09. The van der Waals surface area contributed by atoms with Crippen LogP contribution in [-0.2, 0) is 16.6 Å². The number of nitrogens with zero attached hydrogens (tertiary/aromatic N) is 5. The maximum Gasteiger partial charge on any atom is 0.260 e. The molecular weight excluding hydrogens is 489 g/mol. The summed E-state index contributed by atoms with van der Waals surface area (Å²) in [5, 5.41) is 4.54. The molecule has 0 saturated carbocycles. The third-order valence-electron chi connectivity index (χ3n) is 5.58. The molecule has 2 aromatic heterocycles. The monoisotopic (exact) mass is 515 g/mol. The van der Waals surface area contributed by atoms with Gasteiger partial charge in [0.1, 0.15) is 11.3 Å². The maximum absolute atomic E-state index is 14.3.